The number of anilines is 1. The fourth-order valence-electron chi connectivity index (χ4n) is 1.97. The molecule has 0 aromatic heterocycles. The van der Waals surface area contributed by atoms with E-state index in [0.717, 1.165) is 23.3 Å². The Balaban J connectivity index is 2.01. The van der Waals surface area contributed by atoms with Gasteiger partial charge < -0.3 is 10.1 Å². The minimum absolute atomic E-state index is 0.000381. The molecule has 128 valence electrons. The fourth-order valence-corrected chi connectivity index (χ4v) is 2.19. The van der Waals surface area contributed by atoms with E-state index in [1.165, 1.54) is 6.07 Å². The topological polar surface area (TPSA) is 38.3 Å². The highest BCUT2D eigenvalue weighted by Gasteiger charge is 2.33. The average molecular weight is 358 g/mol. The van der Waals surface area contributed by atoms with Gasteiger partial charge in [-0.15, -0.1) is 0 Å². The van der Waals surface area contributed by atoms with Crippen molar-refractivity contribution in [2.24, 2.45) is 0 Å². The second-order valence-electron chi connectivity index (χ2n) is 5.28. The molecule has 0 aliphatic rings. The highest BCUT2D eigenvalue weighted by atomic mass is 35.5. The number of halogens is 4. The molecule has 0 saturated carbocycles. The van der Waals surface area contributed by atoms with Gasteiger partial charge in [0.05, 0.1) is 10.6 Å². The molecule has 2 aromatic carbocycles. The first kappa shape index (κ1) is 18.1. The number of nitrogens with one attached hydrogen (secondary N) is 1. The summed E-state index contributed by atoms with van der Waals surface area (Å²) in [5.74, 6) is -0.0518. The van der Waals surface area contributed by atoms with Gasteiger partial charge in [-0.1, -0.05) is 17.7 Å². The summed E-state index contributed by atoms with van der Waals surface area (Å²) in [5, 5.41) is 1.93. The SMILES string of the molecule is Cc1ccc(OCC(=O)Nc2ccc(Cl)c(C(F)(F)F)c2)cc1C. The number of rotatable bonds is 4. The Morgan fingerprint density at radius 1 is 1.12 bits per heavy atom. The normalized spacial score (nSPS) is 11.2. The molecule has 24 heavy (non-hydrogen) atoms. The molecule has 0 radical (unpaired) electrons. The smallest absolute Gasteiger partial charge is 0.417 e. The molecule has 7 heteroatoms. The molecule has 3 nitrogen and oxygen atoms in total. The third-order valence-electron chi connectivity index (χ3n) is 3.40. The van der Waals surface area contributed by atoms with Crippen LogP contribution in [-0.2, 0) is 11.0 Å². The minimum atomic E-state index is -4.59. The van der Waals surface area contributed by atoms with Crippen LogP contribution in [0.25, 0.3) is 0 Å². The van der Waals surface area contributed by atoms with Gasteiger partial charge in [-0.2, -0.15) is 13.2 Å². The summed E-state index contributed by atoms with van der Waals surface area (Å²) in [6, 6.07) is 8.54. The molecule has 0 atom stereocenters. The van der Waals surface area contributed by atoms with Crippen molar-refractivity contribution in [3.05, 3.63) is 58.1 Å². The lowest BCUT2D eigenvalue weighted by Crippen LogP contribution is -2.20. The van der Waals surface area contributed by atoms with Gasteiger partial charge in [0.1, 0.15) is 5.75 Å². The molecule has 0 spiro atoms. The highest BCUT2D eigenvalue weighted by Crippen LogP contribution is 2.36. The number of alkyl halides is 3. The lowest BCUT2D eigenvalue weighted by atomic mass is 10.1. The van der Waals surface area contributed by atoms with Crippen LogP contribution < -0.4 is 10.1 Å². The largest absolute Gasteiger partial charge is 0.484 e. The highest BCUT2D eigenvalue weighted by molar-refractivity contribution is 6.31. The zero-order valence-corrected chi connectivity index (χ0v) is 13.8. The molecule has 0 fully saturated rings. The van der Waals surface area contributed by atoms with E-state index in [-0.39, 0.29) is 12.3 Å². The molecule has 0 aliphatic carbocycles. The van der Waals surface area contributed by atoms with Crippen molar-refractivity contribution in [2.75, 3.05) is 11.9 Å². The van der Waals surface area contributed by atoms with Gasteiger partial charge in [0.2, 0.25) is 0 Å². The summed E-state index contributed by atoms with van der Waals surface area (Å²) in [6.45, 7) is 3.55. The summed E-state index contributed by atoms with van der Waals surface area (Å²) in [6.07, 6.45) is -4.59. The zero-order valence-electron chi connectivity index (χ0n) is 13.0. The summed E-state index contributed by atoms with van der Waals surface area (Å²) >= 11 is 5.53. The predicted octanol–water partition coefficient (Wildman–Crippen LogP) is 4.99. The number of hydrogen-bond acceptors (Lipinski definition) is 2. The van der Waals surface area contributed by atoms with E-state index >= 15 is 0 Å². The number of carbonyl (C=O) groups is 1. The first-order chi connectivity index (χ1) is 11.2. The van der Waals surface area contributed by atoms with Crippen LogP contribution in [0.5, 0.6) is 5.75 Å². The van der Waals surface area contributed by atoms with E-state index in [4.69, 9.17) is 16.3 Å². The average Bonchev–Trinajstić information content (AvgIpc) is 2.49. The van der Waals surface area contributed by atoms with E-state index in [1.54, 1.807) is 12.1 Å². The number of amides is 1. The van der Waals surface area contributed by atoms with Gasteiger partial charge in [0, 0.05) is 5.69 Å². The monoisotopic (exact) mass is 357 g/mol. The summed E-state index contributed by atoms with van der Waals surface area (Å²) in [5.41, 5.74) is 1.10. The van der Waals surface area contributed by atoms with Crippen molar-refractivity contribution < 1.29 is 22.7 Å². The van der Waals surface area contributed by atoms with Crippen LogP contribution >= 0.6 is 11.6 Å². The quantitative estimate of drug-likeness (QED) is 0.836. The van der Waals surface area contributed by atoms with Crippen molar-refractivity contribution in [3.8, 4) is 5.75 Å². The van der Waals surface area contributed by atoms with Crippen LogP contribution in [0.15, 0.2) is 36.4 Å². The van der Waals surface area contributed by atoms with Gasteiger partial charge in [-0.3, -0.25) is 4.79 Å². The molecule has 0 saturated heterocycles. The van der Waals surface area contributed by atoms with Gasteiger partial charge in [-0.05, 0) is 55.3 Å². The van der Waals surface area contributed by atoms with E-state index in [1.807, 2.05) is 19.9 Å². The fraction of sp³-hybridized carbons (Fsp3) is 0.235. The molecule has 2 rings (SSSR count). The standard InChI is InChI=1S/C17H15ClF3NO2/c1-10-3-5-13(7-11(10)2)24-9-16(23)22-12-4-6-15(18)14(8-12)17(19,20)21/h3-8H,9H2,1-2H3,(H,22,23). The number of carbonyl (C=O) groups excluding carboxylic acids is 1. The molecule has 0 aliphatic heterocycles. The van der Waals surface area contributed by atoms with Crippen molar-refractivity contribution in [2.45, 2.75) is 20.0 Å². The summed E-state index contributed by atoms with van der Waals surface area (Å²) in [4.78, 5) is 11.8. The number of aryl methyl sites for hydroxylation is 2. The first-order valence-electron chi connectivity index (χ1n) is 7.03. The van der Waals surface area contributed by atoms with Crippen molar-refractivity contribution >= 4 is 23.2 Å². The lowest BCUT2D eigenvalue weighted by Gasteiger charge is -2.12. The molecular weight excluding hydrogens is 343 g/mol. The van der Waals surface area contributed by atoms with Crippen LogP contribution in [0.4, 0.5) is 18.9 Å². The van der Waals surface area contributed by atoms with Crippen LogP contribution in [0.2, 0.25) is 5.02 Å². The Kier molecular flexibility index (Phi) is 5.39. The Morgan fingerprint density at radius 2 is 1.83 bits per heavy atom. The number of ether oxygens (including phenoxy) is 1. The third-order valence-corrected chi connectivity index (χ3v) is 3.73. The molecule has 0 heterocycles. The van der Waals surface area contributed by atoms with Gasteiger partial charge in [-0.25, -0.2) is 0 Å². The lowest BCUT2D eigenvalue weighted by molar-refractivity contribution is -0.137. The van der Waals surface area contributed by atoms with E-state index in [0.29, 0.717) is 5.75 Å². The molecule has 0 bridgehead atoms. The molecule has 2 aromatic rings. The molecular formula is C17H15ClF3NO2. The Morgan fingerprint density at radius 3 is 2.46 bits per heavy atom. The van der Waals surface area contributed by atoms with Gasteiger partial charge in [0.15, 0.2) is 6.61 Å². The molecule has 1 N–H and O–H groups in total. The second kappa shape index (κ2) is 7.13. The predicted molar refractivity (Wildman–Crippen MR) is 86.5 cm³/mol. The van der Waals surface area contributed by atoms with Gasteiger partial charge in [0.25, 0.3) is 5.91 Å². The number of benzene rings is 2. The van der Waals surface area contributed by atoms with Crippen LogP contribution in [0.3, 0.4) is 0 Å². The maximum atomic E-state index is 12.8. The molecule has 0 unspecified atom stereocenters. The van der Waals surface area contributed by atoms with Crippen LogP contribution in [-0.4, -0.2) is 12.5 Å². The van der Waals surface area contributed by atoms with Crippen molar-refractivity contribution in [1.82, 2.24) is 0 Å². The number of hydrogen-bond donors (Lipinski definition) is 1. The maximum absolute atomic E-state index is 12.8. The van der Waals surface area contributed by atoms with Crippen molar-refractivity contribution in [3.63, 3.8) is 0 Å². The second-order valence-corrected chi connectivity index (χ2v) is 5.68. The van der Waals surface area contributed by atoms with E-state index in [2.05, 4.69) is 5.32 Å². The summed E-state index contributed by atoms with van der Waals surface area (Å²) in [7, 11) is 0. The van der Waals surface area contributed by atoms with Crippen LogP contribution in [0, 0.1) is 13.8 Å². The Hall–Kier alpha value is -2.21. The van der Waals surface area contributed by atoms with E-state index in [9.17, 15) is 18.0 Å². The summed E-state index contributed by atoms with van der Waals surface area (Å²) < 4.78 is 43.7. The van der Waals surface area contributed by atoms with Crippen molar-refractivity contribution in [1.29, 1.82) is 0 Å². The van der Waals surface area contributed by atoms with E-state index < -0.39 is 22.7 Å². The minimum Gasteiger partial charge on any atom is -0.484 e. The third kappa shape index (κ3) is 4.64. The first-order valence-corrected chi connectivity index (χ1v) is 7.41. The zero-order chi connectivity index (χ0) is 17.9. The van der Waals surface area contributed by atoms with Crippen LogP contribution in [0.1, 0.15) is 16.7 Å². The molecule has 1 amide bonds. The maximum Gasteiger partial charge on any atom is 0.417 e. The Labute approximate surface area is 142 Å². The Bertz CT molecular complexity index is 760. The van der Waals surface area contributed by atoms with Gasteiger partial charge >= 0.3 is 6.18 Å².